The zero-order chi connectivity index (χ0) is 21.8. The van der Waals surface area contributed by atoms with E-state index < -0.39 is 8.25 Å². The lowest BCUT2D eigenvalue weighted by Crippen LogP contribution is -2.17. The number of unbranched alkanes of at least 4 members (excludes halogenated alkanes) is 3. The van der Waals surface area contributed by atoms with Gasteiger partial charge < -0.3 is 5.32 Å². The van der Waals surface area contributed by atoms with Crippen molar-refractivity contribution in [2.24, 2.45) is 0 Å². The van der Waals surface area contributed by atoms with E-state index in [0.29, 0.717) is 19.5 Å². The molecule has 0 aliphatic rings. The number of benzene rings is 2. The van der Waals surface area contributed by atoms with Crippen molar-refractivity contribution in [2.45, 2.75) is 58.4 Å². The normalized spacial score (nSPS) is 11.7. The Bertz CT molecular complexity index is 800. The molecule has 2 N–H and O–H groups in total. The minimum atomic E-state index is -2.54. The highest BCUT2D eigenvalue weighted by atomic mass is 31.1. The molecule has 1 atom stereocenters. The fourth-order valence-electron chi connectivity index (χ4n) is 3.38. The average molecular weight is 438 g/mol. The van der Waals surface area contributed by atoms with Crippen molar-refractivity contribution in [2.75, 3.05) is 13.2 Å². The second-order valence-electron chi connectivity index (χ2n) is 7.51. The Kier molecular flexibility index (Phi) is 11.1. The van der Waals surface area contributed by atoms with E-state index in [1.54, 1.807) is 6.07 Å². The van der Waals surface area contributed by atoms with Gasteiger partial charge in [0, 0.05) is 11.1 Å². The minimum absolute atomic E-state index is 0.163. The van der Waals surface area contributed by atoms with Gasteiger partial charge in [-0.1, -0.05) is 31.0 Å². The van der Waals surface area contributed by atoms with Crippen LogP contribution in [0.15, 0.2) is 36.4 Å². The molecule has 2 aromatic carbocycles. The summed E-state index contributed by atoms with van der Waals surface area (Å²) in [6.45, 7) is 3.39. The quantitative estimate of drug-likeness (QED) is 0.291. The lowest BCUT2D eigenvalue weighted by molar-refractivity contribution is 0.276. The Morgan fingerprint density at radius 1 is 0.967 bits per heavy atom. The monoisotopic (exact) mass is 438 g/mol. The van der Waals surface area contributed by atoms with Crippen molar-refractivity contribution in [1.29, 1.82) is 0 Å². The van der Waals surface area contributed by atoms with Gasteiger partial charge in [0.2, 0.25) is 0 Å². The molecule has 0 saturated heterocycles. The van der Waals surface area contributed by atoms with Crippen LogP contribution < -0.4 is 5.32 Å². The average Bonchev–Trinajstić information content (AvgIpc) is 2.71. The molecule has 0 saturated carbocycles. The van der Waals surface area contributed by atoms with Gasteiger partial charge in [0.25, 0.3) is 0 Å². The fourth-order valence-corrected chi connectivity index (χ4v) is 3.66. The van der Waals surface area contributed by atoms with E-state index >= 15 is 0 Å². The molecule has 7 heteroatoms. The summed E-state index contributed by atoms with van der Waals surface area (Å²) in [5, 5.41) is 3.20. The Hall–Kier alpha value is -1.72. The van der Waals surface area contributed by atoms with Crippen LogP contribution in [0.5, 0.6) is 0 Å². The van der Waals surface area contributed by atoms with Crippen LogP contribution in [-0.2, 0) is 28.5 Å². The lowest BCUT2D eigenvalue weighted by atomic mass is 9.99. The molecule has 0 fully saturated rings. The highest BCUT2D eigenvalue weighted by molar-refractivity contribution is 7.32. The molecule has 2 aromatic rings. The van der Waals surface area contributed by atoms with E-state index in [-0.39, 0.29) is 18.2 Å². The first-order chi connectivity index (χ1) is 14.5. The molecule has 0 heterocycles. The van der Waals surface area contributed by atoms with E-state index in [9.17, 15) is 13.3 Å². The van der Waals surface area contributed by atoms with Crippen molar-refractivity contribution in [1.82, 2.24) is 5.32 Å². The molecule has 4 nitrogen and oxygen atoms in total. The topological polar surface area (TPSA) is 58.6 Å². The third kappa shape index (κ3) is 9.40. The van der Waals surface area contributed by atoms with Gasteiger partial charge in [-0.3, -0.25) is 0 Å². The third-order valence-corrected chi connectivity index (χ3v) is 5.50. The van der Waals surface area contributed by atoms with Crippen LogP contribution >= 0.6 is 8.25 Å². The maximum absolute atomic E-state index is 14.4. The summed E-state index contributed by atoms with van der Waals surface area (Å²) in [6.07, 6.45) is 6.41. The van der Waals surface area contributed by atoms with Crippen LogP contribution in [0.1, 0.15) is 54.4 Å². The summed E-state index contributed by atoms with van der Waals surface area (Å²) < 4.78 is 42.3. The molecule has 0 aliphatic heterocycles. The molecular weight excluding hydrogens is 407 g/mol. The summed E-state index contributed by atoms with van der Waals surface area (Å²) in [5.74, 6) is -0.367. The Morgan fingerprint density at radius 2 is 1.67 bits per heavy atom. The molecule has 1 unspecified atom stereocenters. The first-order valence-corrected chi connectivity index (χ1v) is 11.6. The predicted molar refractivity (Wildman–Crippen MR) is 116 cm³/mol. The maximum Gasteiger partial charge on any atom is 0.694 e. The number of hydrogen-bond donors (Lipinski definition) is 2. The highest BCUT2D eigenvalue weighted by Gasteiger charge is 2.10. The molecular formula is C23H31F2NO3P+. The first kappa shape index (κ1) is 24.5. The standard InChI is InChI=1S/C23H30F2NO3P/c1-18-15-20(8-5-3-2-4-7-19-9-11-22(24)12-10-19)23(25)16-21(18)17-26-13-6-14-29-30(27)28/h9-12,15-16,26H,2-8,13-14,17H2,1H3/p+1. The van der Waals surface area contributed by atoms with E-state index in [4.69, 9.17) is 4.89 Å². The number of aryl methyl sites for hydroxylation is 3. The predicted octanol–water partition coefficient (Wildman–Crippen LogP) is 5.76. The van der Waals surface area contributed by atoms with Gasteiger partial charge in [-0.2, -0.15) is 0 Å². The van der Waals surface area contributed by atoms with Gasteiger partial charge >= 0.3 is 8.25 Å². The van der Waals surface area contributed by atoms with Crippen LogP contribution in [0.4, 0.5) is 8.78 Å². The molecule has 0 spiro atoms. The first-order valence-electron chi connectivity index (χ1n) is 10.5. The smallest absolute Gasteiger partial charge is 0.313 e. The minimum Gasteiger partial charge on any atom is -0.313 e. The van der Waals surface area contributed by atoms with Crippen LogP contribution in [0.2, 0.25) is 0 Å². The van der Waals surface area contributed by atoms with Crippen LogP contribution in [0.25, 0.3) is 0 Å². The molecule has 0 radical (unpaired) electrons. The summed E-state index contributed by atoms with van der Waals surface area (Å²) in [5.41, 5.74) is 3.89. The van der Waals surface area contributed by atoms with E-state index in [1.165, 1.54) is 12.1 Å². The molecule has 0 bridgehead atoms. The summed E-state index contributed by atoms with van der Waals surface area (Å²) >= 11 is 0. The van der Waals surface area contributed by atoms with Crippen molar-refractivity contribution in [3.63, 3.8) is 0 Å². The summed E-state index contributed by atoms with van der Waals surface area (Å²) in [6, 6.07) is 10.2. The van der Waals surface area contributed by atoms with Crippen molar-refractivity contribution >= 4 is 8.25 Å². The van der Waals surface area contributed by atoms with Crippen molar-refractivity contribution in [3.8, 4) is 0 Å². The number of nitrogens with one attached hydrogen (secondary N) is 1. The van der Waals surface area contributed by atoms with Gasteiger partial charge in [0.1, 0.15) is 18.2 Å². The highest BCUT2D eigenvalue weighted by Crippen LogP contribution is 2.19. The van der Waals surface area contributed by atoms with Gasteiger partial charge in [0.05, 0.1) is 0 Å². The second kappa shape index (κ2) is 13.6. The van der Waals surface area contributed by atoms with Gasteiger partial charge in [-0.05, 0) is 86.0 Å². The van der Waals surface area contributed by atoms with Crippen LogP contribution in [-0.4, -0.2) is 18.0 Å². The van der Waals surface area contributed by atoms with Crippen molar-refractivity contribution < 1.29 is 22.8 Å². The van der Waals surface area contributed by atoms with E-state index in [2.05, 4.69) is 9.84 Å². The molecule has 0 aromatic heterocycles. The number of hydrogen-bond acceptors (Lipinski definition) is 3. The maximum atomic E-state index is 14.4. The Morgan fingerprint density at radius 3 is 2.37 bits per heavy atom. The fraction of sp³-hybridized carbons (Fsp3) is 0.478. The largest absolute Gasteiger partial charge is 0.694 e. The molecule has 0 aliphatic carbocycles. The van der Waals surface area contributed by atoms with Gasteiger partial charge in [0.15, 0.2) is 0 Å². The third-order valence-electron chi connectivity index (χ3n) is 5.09. The van der Waals surface area contributed by atoms with E-state index in [0.717, 1.165) is 60.8 Å². The zero-order valence-electron chi connectivity index (χ0n) is 17.5. The lowest BCUT2D eigenvalue weighted by Gasteiger charge is -2.11. The van der Waals surface area contributed by atoms with Crippen molar-refractivity contribution in [3.05, 3.63) is 70.3 Å². The summed E-state index contributed by atoms with van der Waals surface area (Å²) in [4.78, 5) is 8.55. The van der Waals surface area contributed by atoms with E-state index in [1.807, 2.05) is 25.1 Å². The zero-order valence-corrected chi connectivity index (χ0v) is 18.4. The SMILES string of the molecule is Cc1cc(CCCCCCc2ccc(F)cc2)c(F)cc1CNCCCO[P+](=O)O. The Balaban J connectivity index is 1.65. The number of halogens is 2. The second-order valence-corrected chi connectivity index (χ2v) is 8.25. The van der Waals surface area contributed by atoms with Gasteiger partial charge in [-0.15, -0.1) is 9.42 Å². The molecule has 2 rings (SSSR count). The molecule has 164 valence electrons. The number of rotatable bonds is 14. The molecule has 30 heavy (non-hydrogen) atoms. The molecule has 0 amide bonds. The van der Waals surface area contributed by atoms with Crippen LogP contribution in [0, 0.1) is 18.6 Å². The van der Waals surface area contributed by atoms with Gasteiger partial charge in [-0.25, -0.2) is 8.78 Å². The van der Waals surface area contributed by atoms with Crippen LogP contribution in [0.3, 0.4) is 0 Å². The Labute approximate surface area is 178 Å². The summed E-state index contributed by atoms with van der Waals surface area (Å²) in [7, 11) is -2.54.